The summed E-state index contributed by atoms with van der Waals surface area (Å²) in [6.45, 7) is 0. The molecule has 0 aliphatic rings. The lowest BCUT2D eigenvalue weighted by atomic mass is 10.1. The molecule has 7 nitrogen and oxygen atoms in total. The highest BCUT2D eigenvalue weighted by Crippen LogP contribution is 2.32. The molecule has 1 heterocycles. The van der Waals surface area contributed by atoms with Crippen molar-refractivity contribution in [2.45, 2.75) is 0 Å². The molecule has 2 rings (SSSR count). The zero-order chi connectivity index (χ0) is 12.6. The topological polar surface area (TPSA) is 122 Å². The summed E-state index contributed by atoms with van der Waals surface area (Å²) in [6.07, 6.45) is 0. The summed E-state index contributed by atoms with van der Waals surface area (Å²) >= 11 is 4.76. The maximum absolute atomic E-state index is 10.7. The van der Waals surface area contributed by atoms with Gasteiger partial charge in [0.05, 0.1) is 5.56 Å². The average Bonchev–Trinajstić information content (AvgIpc) is 2.67. The Morgan fingerprint density at radius 1 is 1.29 bits per heavy atom. The number of benzene rings is 1. The van der Waals surface area contributed by atoms with Gasteiger partial charge in [0.2, 0.25) is 0 Å². The van der Waals surface area contributed by atoms with Gasteiger partial charge < -0.3 is 20.3 Å². The molecule has 0 fully saturated rings. The highest BCUT2D eigenvalue weighted by atomic mass is 32.1. The van der Waals surface area contributed by atoms with Crippen molar-refractivity contribution in [1.82, 2.24) is 15.2 Å². The molecule has 0 bridgehead atoms. The van der Waals surface area contributed by atoms with Crippen LogP contribution in [0.3, 0.4) is 0 Å². The van der Waals surface area contributed by atoms with Crippen molar-refractivity contribution in [2.24, 2.45) is 0 Å². The number of hydrogen-bond donors (Lipinski definition) is 5. The molecule has 0 aliphatic carbocycles. The number of carboxylic acids is 1. The number of rotatable bonds is 2. The standard InChI is InChI=1S/C9H7N3O4S/c13-5-2-4(8(15)16)6(14)1-3(5)7-10-9(17)12-11-7/h1-2,13-14H,(H,15,16)(H2,10,11,12,17). The van der Waals surface area contributed by atoms with Crippen LogP contribution in [-0.2, 0) is 0 Å². The zero-order valence-electron chi connectivity index (χ0n) is 8.26. The first kappa shape index (κ1) is 11.1. The molecule has 0 unspecified atom stereocenters. The number of aromatic hydroxyl groups is 2. The van der Waals surface area contributed by atoms with E-state index in [1.165, 1.54) is 0 Å². The fourth-order valence-electron chi connectivity index (χ4n) is 1.34. The van der Waals surface area contributed by atoms with Crippen LogP contribution in [0.5, 0.6) is 11.5 Å². The van der Waals surface area contributed by atoms with Gasteiger partial charge in [0, 0.05) is 0 Å². The summed E-state index contributed by atoms with van der Waals surface area (Å²) in [7, 11) is 0. The third-order valence-electron chi connectivity index (χ3n) is 2.10. The largest absolute Gasteiger partial charge is 0.507 e. The Morgan fingerprint density at radius 2 is 2.00 bits per heavy atom. The summed E-state index contributed by atoms with van der Waals surface area (Å²) in [5, 5.41) is 34.1. The predicted molar refractivity (Wildman–Crippen MR) is 59.5 cm³/mol. The third kappa shape index (κ3) is 1.97. The smallest absolute Gasteiger partial charge is 0.339 e. The van der Waals surface area contributed by atoms with Gasteiger partial charge in [-0.1, -0.05) is 0 Å². The minimum atomic E-state index is -1.33. The molecule has 0 saturated carbocycles. The summed E-state index contributed by atoms with van der Waals surface area (Å²) in [4.78, 5) is 13.3. The molecule has 88 valence electrons. The van der Waals surface area contributed by atoms with Crippen molar-refractivity contribution in [2.75, 3.05) is 0 Å². The number of H-pyrrole nitrogens is 2. The Hall–Kier alpha value is -2.35. The molecule has 1 aromatic carbocycles. The number of carboxylic acid groups (broad SMARTS) is 1. The first-order valence-electron chi connectivity index (χ1n) is 4.43. The third-order valence-corrected chi connectivity index (χ3v) is 2.29. The number of hydrogen-bond acceptors (Lipinski definition) is 5. The van der Waals surface area contributed by atoms with Gasteiger partial charge >= 0.3 is 5.97 Å². The number of aromatic carboxylic acids is 1. The molecular formula is C9H7N3O4S. The molecule has 0 atom stereocenters. The zero-order valence-corrected chi connectivity index (χ0v) is 9.08. The van der Waals surface area contributed by atoms with Crippen molar-refractivity contribution in [3.8, 4) is 22.9 Å². The lowest BCUT2D eigenvalue weighted by Gasteiger charge is -2.04. The average molecular weight is 253 g/mol. The highest BCUT2D eigenvalue weighted by molar-refractivity contribution is 7.71. The fourth-order valence-corrected chi connectivity index (χ4v) is 1.48. The number of phenols is 2. The molecular weight excluding hydrogens is 246 g/mol. The lowest BCUT2D eigenvalue weighted by Crippen LogP contribution is -1.97. The molecule has 0 saturated heterocycles. The first-order chi connectivity index (χ1) is 7.99. The van der Waals surface area contributed by atoms with E-state index in [1.54, 1.807) is 0 Å². The monoisotopic (exact) mass is 253 g/mol. The molecule has 2 aromatic rings. The molecule has 0 radical (unpaired) electrons. The van der Waals surface area contributed by atoms with Crippen molar-refractivity contribution in [3.63, 3.8) is 0 Å². The molecule has 17 heavy (non-hydrogen) atoms. The van der Waals surface area contributed by atoms with Crippen LogP contribution in [0.4, 0.5) is 0 Å². The van der Waals surface area contributed by atoms with Crippen LogP contribution >= 0.6 is 12.2 Å². The van der Waals surface area contributed by atoms with Crippen molar-refractivity contribution in [1.29, 1.82) is 0 Å². The Labute approximate surface area is 99.4 Å². The van der Waals surface area contributed by atoms with Gasteiger partial charge in [-0.05, 0) is 24.4 Å². The van der Waals surface area contributed by atoms with E-state index in [1.807, 2.05) is 0 Å². The molecule has 5 N–H and O–H groups in total. The highest BCUT2D eigenvalue weighted by Gasteiger charge is 2.16. The second-order valence-corrected chi connectivity index (χ2v) is 3.63. The van der Waals surface area contributed by atoms with E-state index in [0.717, 1.165) is 12.1 Å². The van der Waals surface area contributed by atoms with E-state index >= 15 is 0 Å². The van der Waals surface area contributed by atoms with Gasteiger partial charge in [0.1, 0.15) is 17.1 Å². The normalized spacial score (nSPS) is 10.4. The number of aromatic amines is 2. The van der Waals surface area contributed by atoms with Crippen LogP contribution in [0.1, 0.15) is 10.4 Å². The fraction of sp³-hybridized carbons (Fsp3) is 0. The second-order valence-electron chi connectivity index (χ2n) is 3.22. The Bertz CT molecular complexity index is 646. The van der Waals surface area contributed by atoms with Crippen LogP contribution in [0.25, 0.3) is 11.4 Å². The second kappa shape index (κ2) is 3.91. The van der Waals surface area contributed by atoms with Gasteiger partial charge in [-0.15, -0.1) is 0 Å². The Morgan fingerprint density at radius 3 is 2.53 bits per heavy atom. The summed E-state index contributed by atoms with van der Waals surface area (Å²) in [6, 6.07) is 2.04. The van der Waals surface area contributed by atoms with Gasteiger partial charge in [-0.3, -0.25) is 5.10 Å². The quantitative estimate of drug-likeness (QED) is 0.405. The lowest BCUT2D eigenvalue weighted by molar-refractivity contribution is 0.0693. The summed E-state index contributed by atoms with van der Waals surface area (Å²) < 4.78 is 0.251. The molecule has 8 heteroatoms. The van der Waals surface area contributed by atoms with Crippen LogP contribution in [0.15, 0.2) is 12.1 Å². The van der Waals surface area contributed by atoms with Crippen LogP contribution in [0.2, 0.25) is 0 Å². The minimum absolute atomic E-state index is 0.153. The van der Waals surface area contributed by atoms with Crippen molar-refractivity contribution < 1.29 is 20.1 Å². The summed E-state index contributed by atoms with van der Waals surface area (Å²) in [5.74, 6) is -1.91. The Kier molecular flexibility index (Phi) is 2.56. The van der Waals surface area contributed by atoms with Gasteiger partial charge in [-0.25, -0.2) is 4.79 Å². The Balaban J connectivity index is 2.61. The van der Waals surface area contributed by atoms with Crippen molar-refractivity contribution in [3.05, 3.63) is 22.5 Å². The maximum Gasteiger partial charge on any atom is 0.339 e. The number of nitrogens with zero attached hydrogens (tertiary/aromatic N) is 1. The van der Waals surface area contributed by atoms with Gasteiger partial charge in [0.25, 0.3) is 0 Å². The first-order valence-corrected chi connectivity index (χ1v) is 4.84. The van der Waals surface area contributed by atoms with E-state index in [0.29, 0.717) is 0 Å². The van der Waals surface area contributed by atoms with Gasteiger partial charge in [0.15, 0.2) is 10.6 Å². The summed E-state index contributed by atoms with van der Waals surface area (Å²) in [5.41, 5.74) is -0.236. The maximum atomic E-state index is 10.7. The number of carbonyl (C=O) groups is 1. The SMILES string of the molecule is O=C(O)c1cc(O)c(-c2n[nH]c(=S)[nH]2)cc1O. The van der Waals surface area contributed by atoms with Crippen molar-refractivity contribution >= 4 is 18.2 Å². The van der Waals surface area contributed by atoms with E-state index in [9.17, 15) is 15.0 Å². The van der Waals surface area contributed by atoms with E-state index < -0.39 is 11.7 Å². The molecule has 1 aromatic heterocycles. The molecule has 0 spiro atoms. The van der Waals surface area contributed by atoms with E-state index in [2.05, 4.69) is 15.2 Å². The van der Waals surface area contributed by atoms with Crippen LogP contribution in [-0.4, -0.2) is 36.5 Å². The molecule has 0 amide bonds. The number of nitrogens with one attached hydrogen (secondary N) is 2. The number of phenolic OH excluding ortho intramolecular Hbond substituents is 1. The van der Waals surface area contributed by atoms with Crippen LogP contribution < -0.4 is 0 Å². The van der Waals surface area contributed by atoms with E-state index in [-0.39, 0.29) is 27.5 Å². The predicted octanol–water partition coefficient (Wildman–Crippen LogP) is 1.24. The van der Waals surface area contributed by atoms with Crippen LogP contribution in [0, 0.1) is 4.77 Å². The van der Waals surface area contributed by atoms with Gasteiger partial charge in [-0.2, -0.15) is 5.10 Å². The minimum Gasteiger partial charge on any atom is -0.507 e. The number of aromatic nitrogens is 3. The van der Waals surface area contributed by atoms with E-state index in [4.69, 9.17) is 17.3 Å². The molecule has 0 aliphatic heterocycles.